The lowest BCUT2D eigenvalue weighted by Gasteiger charge is -2.26. The van der Waals surface area contributed by atoms with Crippen LogP contribution in [-0.4, -0.2) is 25.3 Å². The summed E-state index contributed by atoms with van der Waals surface area (Å²) in [6.45, 7) is 6.11. The first-order chi connectivity index (χ1) is 8.30. The topological polar surface area (TPSA) is 63.4 Å². The summed E-state index contributed by atoms with van der Waals surface area (Å²) in [6.07, 6.45) is 0.755. The average Bonchev–Trinajstić information content (AvgIpc) is 2.24. The molecule has 0 fully saturated rings. The highest BCUT2D eigenvalue weighted by Gasteiger charge is 2.27. The van der Waals surface area contributed by atoms with Crippen molar-refractivity contribution in [2.45, 2.75) is 38.1 Å². The van der Waals surface area contributed by atoms with Crippen LogP contribution in [0.15, 0.2) is 23.1 Å². The molecule has 1 aromatic rings. The van der Waals surface area contributed by atoms with E-state index in [1.165, 1.54) is 22.5 Å². The molecule has 0 aromatic heterocycles. The minimum Gasteiger partial charge on any atom is -0.398 e. The molecule has 1 rings (SSSR count). The summed E-state index contributed by atoms with van der Waals surface area (Å²) < 4.78 is 26.4. The molecular weight excluding hydrogens is 272 g/mol. The lowest BCUT2D eigenvalue weighted by molar-refractivity contribution is 0.354. The van der Waals surface area contributed by atoms with E-state index in [2.05, 4.69) is 0 Å². The maximum absolute atomic E-state index is 12.5. The Hall–Kier alpha value is -0.780. The molecule has 1 aromatic carbocycles. The first-order valence-electron chi connectivity index (χ1n) is 5.87. The van der Waals surface area contributed by atoms with Gasteiger partial charge in [0.05, 0.1) is 5.69 Å². The van der Waals surface area contributed by atoms with Crippen LogP contribution in [0.25, 0.3) is 0 Å². The number of halogens is 1. The van der Waals surface area contributed by atoms with Gasteiger partial charge in [-0.15, -0.1) is 0 Å². The first kappa shape index (κ1) is 15.3. The van der Waals surface area contributed by atoms with Crippen molar-refractivity contribution < 1.29 is 8.42 Å². The fourth-order valence-electron chi connectivity index (χ4n) is 1.76. The number of sulfonamides is 1. The number of nitrogen functional groups attached to an aromatic ring is 1. The molecule has 0 aliphatic heterocycles. The first-order valence-corrected chi connectivity index (χ1v) is 7.69. The molecule has 0 saturated carbocycles. The molecule has 0 spiro atoms. The zero-order valence-electron chi connectivity index (χ0n) is 10.9. The van der Waals surface area contributed by atoms with Gasteiger partial charge in [0.25, 0.3) is 0 Å². The molecule has 0 saturated heterocycles. The zero-order chi connectivity index (χ0) is 13.9. The third kappa shape index (κ3) is 3.16. The molecule has 0 bridgehead atoms. The van der Waals surface area contributed by atoms with Crippen LogP contribution in [0.2, 0.25) is 5.02 Å². The Morgan fingerprint density at radius 2 is 2.00 bits per heavy atom. The van der Waals surface area contributed by atoms with Crippen LogP contribution < -0.4 is 5.73 Å². The third-order valence-electron chi connectivity index (χ3n) is 2.58. The van der Waals surface area contributed by atoms with E-state index in [0.29, 0.717) is 11.6 Å². The van der Waals surface area contributed by atoms with Crippen molar-refractivity contribution >= 4 is 27.3 Å². The van der Waals surface area contributed by atoms with Crippen LogP contribution in [0, 0.1) is 0 Å². The van der Waals surface area contributed by atoms with E-state index in [9.17, 15) is 8.42 Å². The molecule has 18 heavy (non-hydrogen) atoms. The van der Waals surface area contributed by atoms with Gasteiger partial charge in [-0.05, 0) is 38.5 Å². The van der Waals surface area contributed by atoms with Crippen molar-refractivity contribution in [3.63, 3.8) is 0 Å². The molecule has 2 N–H and O–H groups in total. The quantitative estimate of drug-likeness (QED) is 0.848. The normalized spacial score (nSPS) is 12.3. The molecule has 0 atom stereocenters. The van der Waals surface area contributed by atoms with Crippen LogP contribution in [0.3, 0.4) is 0 Å². The van der Waals surface area contributed by atoms with Gasteiger partial charge in [-0.25, -0.2) is 8.42 Å². The number of hydrogen-bond donors (Lipinski definition) is 1. The van der Waals surface area contributed by atoms with Crippen molar-refractivity contribution in [3.8, 4) is 0 Å². The molecule has 0 heterocycles. The minimum atomic E-state index is -3.56. The Bertz CT molecular complexity index is 515. The van der Waals surface area contributed by atoms with Crippen LogP contribution in [0.4, 0.5) is 5.69 Å². The summed E-state index contributed by atoms with van der Waals surface area (Å²) in [5, 5.41) is 0.429. The van der Waals surface area contributed by atoms with Crippen LogP contribution in [0.5, 0.6) is 0 Å². The summed E-state index contributed by atoms with van der Waals surface area (Å²) in [6, 6.07) is 4.34. The van der Waals surface area contributed by atoms with Crippen molar-refractivity contribution in [1.82, 2.24) is 4.31 Å². The molecular formula is C12H19ClN2O2S. The summed E-state index contributed by atoms with van der Waals surface area (Å²) in [4.78, 5) is 0.119. The minimum absolute atomic E-state index is 0.106. The second-order valence-corrected chi connectivity index (χ2v) is 6.69. The highest BCUT2D eigenvalue weighted by atomic mass is 35.5. The molecule has 6 heteroatoms. The van der Waals surface area contributed by atoms with Gasteiger partial charge in [0, 0.05) is 17.6 Å². The fraction of sp³-hybridized carbons (Fsp3) is 0.500. The smallest absolute Gasteiger partial charge is 0.245 e. The second-order valence-electron chi connectivity index (χ2n) is 4.39. The fourth-order valence-corrected chi connectivity index (χ4v) is 3.76. The van der Waals surface area contributed by atoms with Gasteiger partial charge in [-0.1, -0.05) is 18.5 Å². The van der Waals surface area contributed by atoms with Gasteiger partial charge in [0.2, 0.25) is 10.0 Å². The highest BCUT2D eigenvalue weighted by molar-refractivity contribution is 7.89. The van der Waals surface area contributed by atoms with E-state index in [1.54, 1.807) is 0 Å². The largest absolute Gasteiger partial charge is 0.398 e. The number of benzene rings is 1. The van der Waals surface area contributed by atoms with Crippen molar-refractivity contribution in [3.05, 3.63) is 23.2 Å². The zero-order valence-corrected chi connectivity index (χ0v) is 12.4. The van der Waals surface area contributed by atoms with Gasteiger partial charge in [-0.3, -0.25) is 0 Å². The van der Waals surface area contributed by atoms with Crippen LogP contribution >= 0.6 is 11.6 Å². The Kier molecular flexibility index (Phi) is 5.01. The summed E-state index contributed by atoms with van der Waals surface area (Å²) in [5.41, 5.74) is 5.94. The van der Waals surface area contributed by atoms with Crippen molar-refractivity contribution in [2.24, 2.45) is 0 Å². The number of nitrogens with two attached hydrogens (primary N) is 1. The molecule has 0 unspecified atom stereocenters. The van der Waals surface area contributed by atoms with Gasteiger partial charge in [0.1, 0.15) is 4.90 Å². The summed E-state index contributed by atoms with van der Waals surface area (Å²) in [7, 11) is -3.56. The monoisotopic (exact) mass is 290 g/mol. The average molecular weight is 291 g/mol. The van der Waals surface area contributed by atoms with Gasteiger partial charge >= 0.3 is 0 Å². The summed E-state index contributed by atoms with van der Waals surface area (Å²) >= 11 is 5.78. The van der Waals surface area contributed by atoms with Crippen LogP contribution in [0.1, 0.15) is 27.2 Å². The SMILES string of the molecule is CCCN(C(C)C)S(=O)(=O)c1ccc(Cl)cc1N. The molecule has 102 valence electrons. The summed E-state index contributed by atoms with van der Waals surface area (Å²) in [5.74, 6) is 0. The van der Waals surface area contributed by atoms with E-state index < -0.39 is 10.0 Å². The van der Waals surface area contributed by atoms with Crippen molar-refractivity contribution in [1.29, 1.82) is 0 Å². The third-order valence-corrected chi connectivity index (χ3v) is 4.96. The number of anilines is 1. The van der Waals surface area contributed by atoms with E-state index in [4.69, 9.17) is 17.3 Å². The molecule has 0 amide bonds. The van der Waals surface area contributed by atoms with Gasteiger partial charge < -0.3 is 5.73 Å². The Morgan fingerprint density at radius 3 is 2.44 bits per heavy atom. The van der Waals surface area contributed by atoms with Crippen LogP contribution in [-0.2, 0) is 10.0 Å². The lowest BCUT2D eigenvalue weighted by atomic mass is 10.3. The van der Waals surface area contributed by atoms with E-state index in [-0.39, 0.29) is 16.6 Å². The lowest BCUT2D eigenvalue weighted by Crippen LogP contribution is -2.37. The number of rotatable bonds is 5. The molecule has 0 aliphatic rings. The standard InChI is InChI=1S/C12H19ClN2O2S/c1-4-7-15(9(2)3)18(16,17)12-6-5-10(13)8-11(12)14/h5-6,8-9H,4,7,14H2,1-3H3. The number of nitrogens with zero attached hydrogens (tertiary/aromatic N) is 1. The predicted molar refractivity (Wildman–Crippen MR) is 75.2 cm³/mol. The number of hydrogen-bond acceptors (Lipinski definition) is 3. The molecule has 0 radical (unpaired) electrons. The maximum Gasteiger partial charge on any atom is 0.245 e. The Balaban J connectivity index is 3.26. The van der Waals surface area contributed by atoms with E-state index >= 15 is 0 Å². The van der Waals surface area contributed by atoms with E-state index in [1.807, 2.05) is 20.8 Å². The van der Waals surface area contributed by atoms with Crippen molar-refractivity contribution in [2.75, 3.05) is 12.3 Å². The predicted octanol–water partition coefficient (Wildman–Crippen LogP) is 2.73. The van der Waals surface area contributed by atoms with Gasteiger partial charge in [0.15, 0.2) is 0 Å². The van der Waals surface area contributed by atoms with E-state index in [0.717, 1.165) is 6.42 Å². The molecule has 4 nitrogen and oxygen atoms in total. The Labute approximate surface area is 114 Å². The van der Waals surface area contributed by atoms with Gasteiger partial charge in [-0.2, -0.15) is 4.31 Å². The Morgan fingerprint density at radius 1 is 1.39 bits per heavy atom. The highest BCUT2D eigenvalue weighted by Crippen LogP contribution is 2.26. The maximum atomic E-state index is 12.5. The second kappa shape index (κ2) is 5.91. The molecule has 0 aliphatic carbocycles.